The highest BCUT2D eigenvalue weighted by Crippen LogP contribution is 2.28. The molecule has 4 nitrogen and oxygen atoms in total. The number of halogens is 2. The molecule has 0 amide bonds. The SMILES string of the molecule is O=C(c1ccc(Br)cc1)c1ccc2c(c1)c(F)nn2C1CCCCO1. The zero-order valence-corrected chi connectivity index (χ0v) is 15.0. The number of carbonyl (C=O) groups excluding carboxylic acids is 1. The Kier molecular flexibility index (Phi) is 4.39. The van der Waals surface area contributed by atoms with Crippen molar-refractivity contribution < 1.29 is 13.9 Å². The molecule has 1 aromatic heterocycles. The Hall–Kier alpha value is -2.05. The first-order chi connectivity index (χ1) is 12.1. The second-order valence-electron chi connectivity index (χ2n) is 6.12. The van der Waals surface area contributed by atoms with E-state index in [-0.39, 0.29) is 12.0 Å². The number of hydrogen-bond donors (Lipinski definition) is 0. The zero-order chi connectivity index (χ0) is 17.4. The van der Waals surface area contributed by atoms with E-state index in [2.05, 4.69) is 21.0 Å². The van der Waals surface area contributed by atoms with Gasteiger partial charge in [-0.2, -0.15) is 4.39 Å². The van der Waals surface area contributed by atoms with Crippen molar-refractivity contribution in [3.05, 3.63) is 64.0 Å². The molecule has 0 bridgehead atoms. The molecule has 1 aliphatic heterocycles. The van der Waals surface area contributed by atoms with E-state index >= 15 is 0 Å². The van der Waals surface area contributed by atoms with Crippen LogP contribution in [0, 0.1) is 5.95 Å². The summed E-state index contributed by atoms with van der Waals surface area (Å²) in [7, 11) is 0. The average Bonchev–Trinajstić information content (AvgIpc) is 2.99. The van der Waals surface area contributed by atoms with Crippen LogP contribution in [-0.4, -0.2) is 22.2 Å². The molecule has 1 unspecified atom stereocenters. The van der Waals surface area contributed by atoms with Crippen molar-refractivity contribution in [2.75, 3.05) is 6.61 Å². The fraction of sp³-hybridized carbons (Fsp3) is 0.263. The number of benzene rings is 2. The first-order valence-corrected chi connectivity index (χ1v) is 9.02. The predicted molar refractivity (Wildman–Crippen MR) is 96.1 cm³/mol. The normalized spacial score (nSPS) is 17.8. The lowest BCUT2D eigenvalue weighted by Gasteiger charge is -2.23. The summed E-state index contributed by atoms with van der Waals surface area (Å²) in [5.74, 6) is -0.718. The molecule has 128 valence electrons. The van der Waals surface area contributed by atoms with Gasteiger partial charge in [0.25, 0.3) is 0 Å². The molecule has 0 N–H and O–H groups in total. The number of rotatable bonds is 3. The van der Waals surface area contributed by atoms with Crippen LogP contribution in [0.25, 0.3) is 10.9 Å². The van der Waals surface area contributed by atoms with Crippen LogP contribution in [0.1, 0.15) is 41.4 Å². The maximum Gasteiger partial charge on any atom is 0.240 e. The summed E-state index contributed by atoms with van der Waals surface area (Å²) >= 11 is 3.35. The first-order valence-electron chi connectivity index (χ1n) is 8.23. The van der Waals surface area contributed by atoms with Gasteiger partial charge < -0.3 is 4.74 Å². The predicted octanol–water partition coefficient (Wildman–Crippen LogP) is 4.87. The van der Waals surface area contributed by atoms with Crippen molar-refractivity contribution in [2.45, 2.75) is 25.5 Å². The van der Waals surface area contributed by atoms with Crippen LogP contribution in [0.2, 0.25) is 0 Å². The van der Waals surface area contributed by atoms with E-state index < -0.39 is 5.95 Å². The molecule has 1 fully saturated rings. The number of fused-ring (bicyclic) bond motifs is 1. The Morgan fingerprint density at radius 3 is 2.64 bits per heavy atom. The number of nitrogens with zero attached hydrogens (tertiary/aromatic N) is 2. The smallest absolute Gasteiger partial charge is 0.240 e. The summed E-state index contributed by atoms with van der Waals surface area (Å²) in [4.78, 5) is 12.6. The van der Waals surface area contributed by atoms with Crippen LogP contribution in [0.15, 0.2) is 46.9 Å². The van der Waals surface area contributed by atoms with Crippen LogP contribution in [-0.2, 0) is 4.74 Å². The van der Waals surface area contributed by atoms with E-state index in [9.17, 15) is 9.18 Å². The van der Waals surface area contributed by atoms with Gasteiger partial charge in [-0.1, -0.05) is 15.9 Å². The highest BCUT2D eigenvalue weighted by molar-refractivity contribution is 9.10. The largest absolute Gasteiger partial charge is 0.356 e. The molecule has 4 rings (SSSR count). The lowest BCUT2D eigenvalue weighted by molar-refractivity contribution is -0.0375. The summed E-state index contributed by atoms with van der Waals surface area (Å²) in [6, 6.07) is 12.1. The van der Waals surface area contributed by atoms with Crippen LogP contribution in [0.5, 0.6) is 0 Å². The average molecular weight is 403 g/mol. The molecule has 2 heterocycles. The van der Waals surface area contributed by atoms with Crippen LogP contribution in [0.4, 0.5) is 4.39 Å². The molecule has 1 atom stereocenters. The molecule has 1 aliphatic rings. The fourth-order valence-electron chi connectivity index (χ4n) is 3.15. The molecule has 3 aromatic rings. The van der Waals surface area contributed by atoms with Gasteiger partial charge in [-0.15, -0.1) is 5.10 Å². The Morgan fingerprint density at radius 1 is 1.16 bits per heavy atom. The van der Waals surface area contributed by atoms with Gasteiger partial charge in [0, 0.05) is 22.2 Å². The maximum absolute atomic E-state index is 14.4. The molecule has 0 aliphatic carbocycles. The van der Waals surface area contributed by atoms with Gasteiger partial charge in [0.15, 0.2) is 12.0 Å². The number of aromatic nitrogens is 2. The number of ketones is 1. The summed E-state index contributed by atoms with van der Waals surface area (Å²) in [6.45, 7) is 0.660. The van der Waals surface area contributed by atoms with E-state index in [0.717, 1.165) is 23.7 Å². The molecular formula is C19H16BrFN2O2. The van der Waals surface area contributed by atoms with Gasteiger partial charge >= 0.3 is 0 Å². The summed E-state index contributed by atoms with van der Waals surface area (Å²) < 4.78 is 22.6. The second kappa shape index (κ2) is 6.69. The van der Waals surface area contributed by atoms with Crippen LogP contribution >= 0.6 is 15.9 Å². The topological polar surface area (TPSA) is 44.1 Å². The highest BCUT2D eigenvalue weighted by atomic mass is 79.9. The lowest BCUT2D eigenvalue weighted by atomic mass is 10.0. The van der Waals surface area contributed by atoms with Crippen molar-refractivity contribution in [1.82, 2.24) is 9.78 Å². The monoisotopic (exact) mass is 402 g/mol. The van der Waals surface area contributed by atoms with Gasteiger partial charge in [0.1, 0.15) is 0 Å². The Labute approximate surface area is 152 Å². The van der Waals surface area contributed by atoms with E-state index in [1.165, 1.54) is 0 Å². The molecule has 25 heavy (non-hydrogen) atoms. The van der Waals surface area contributed by atoms with Crippen molar-refractivity contribution in [3.63, 3.8) is 0 Å². The molecular weight excluding hydrogens is 387 g/mol. The minimum atomic E-state index is -0.574. The standard InChI is InChI=1S/C19H16BrFN2O2/c20-14-7-4-12(5-8-14)18(24)13-6-9-16-15(11-13)19(21)22-23(16)17-3-1-2-10-25-17/h4-9,11,17H,1-3,10H2. The van der Waals surface area contributed by atoms with Gasteiger partial charge in [-0.3, -0.25) is 4.79 Å². The molecule has 0 spiro atoms. The van der Waals surface area contributed by atoms with Crippen molar-refractivity contribution in [2.24, 2.45) is 0 Å². The van der Waals surface area contributed by atoms with Crippen LogP contribution in [0.3, 0.4) is 0 Å². The van der Waals surface area contributed by atoms with E-state index in [0.29, 0.717) is 28.6 Å². The number of hydrogen-bond acceptors (Lipinski definition) is 3. The number of ether oxygens (including phenoxy) is 1. The van der Waals surface area contributed by atoms with Crippen LogP contribution < -0.4 is 0 Å². The summed E-state index contributed by atoms with van der Waals surface area (Å²) in [6.07, 6.45) is 2.63. The fourth-order valence-corrected chi connectivity index (χ4v) is 3.41. The quantitative estimate of drug-likeness (QED) is 0.587. The first kappa shape index (κ1) is 16.4. The van der Waals surface area contributed by atoms with E-state index in [1.54, 1.807) is 35.0 Å². The van der Waals surface area contributed by atoms with Crippen molar-refractivity contribution >= 4 is 32.6 Å². The third-order valence-electron chi connectivity index (χ3n) is 4.46. The maximum atomic E-state index is 14.4. The second-order valence-corrected chi connectivity index (χ2v) is 7.04. The highest BCUT2D eigenvalue weighted by Gasteiger charge is 2.22. The van der Waals surface area contributed by atoms with Gasteiger partial charge in [-0.05, 0) is 61.7 Å². The molecule has 0 radical (unpaired) electrons. The molecule has 0 saturated carbocycles. The lowest BCUT2D eigenvalue weighted by Crippen LogP contribution is -2.19. The molecule has 2 aromatic carbocycles. The summed E-state index contributed by atoms with van der Waals surface area (Å²) in [5, 5.41) is 4.35. The molecule has 6 heteroatoms. The Morgan fingerprint density at radius 2 is 1.92 bits per heavy atom. The Bertz CT molecular complexity index is 930. The van der Waals surface area contributed by atoms with E-state index in [1.807, 2.05) is 12.1 Å². The minimum absolute atomic E-state index is 0.143. The van der Waals surface area contributed by atoms with Crippen molar-refractivity contribution in [3.8, 4) is 0 Å². The molecule has 1 saturated heterocycles. The van der Waals surface area contributed by atoms with Gasteiger partial charge in [-0.25, -0.2) is 4.68 Å². The summed E-state index contributed by atoms with van der Waals surface area (Å²) in [5.41, 5.74) is 1.65. The minimum Gasteiger partial charge on any atom is -0.356 e. The third kappa shape index (κ3) is 3.12. The van der Waals surface area contributed by atoms with Gasteiger partial charge in [0.2, 0.25) is 5.95 Å². The Balaban J connectivity index is 1.72. The van der Waals surface area contributed by atoms with E-state index in [4.69, 9.17) is 4.74 Å². The van der Waals surface area contributed by atoms with Crippen molar-refractivity contribution in [1.29, 1.82) is 0 Å². The number of carbonyl (C=O) groups is 1. The third-order valence-corrected chi connectivity index (χ3v) is 4.99. The zero-order valence-electron chi connectivity index (χ0n) is 13.4. The van der Waals surface area contributed by atoms with Gasteiger partial charge in [0.05, 0.1) is 10.9 Å².